The van der Waals surface area contributed by atoms with Crippen LogP contribution in [0.3, 0.4) is 0 Å². The zero-order valence-electron chi connectivity index (χ0n) is 11.2. The van der Waals surface area contributed by atoms with Gasteiger partial charge in [-0.1, -0.05) is 52.4 Å². The minimum absolute atomic E-state index is 0.998. The molecule has 1 unspecified atom stereocenters. The molecule has 1 radical (unpaired) electrons. The van der Waals surface area contributed by atoms with Crippen molar-refractivity contribution in [3.63, 3.8) is 0 Å². The van der Waals surface area contributed by atoms with Gasteiger partial charge < -0.3 is 4.90 Å². The van der Waals surface area contributed by atoms with Crippen LogP contribution >= 0.6 is 0 Å². The van der Waals surface area contributed by atoms with Gasteiger partial charge in [-0.25, -0.2) is 0 Å². The summed E-state index contributed by atoms with van der Waals surface area (Å²) in [5, 5.41) is 0. The number of unbranched alkanes of at least 4 members (excludes halogenated alkanes) is 5. The third-order valence-electron chi connectivity index (χ3n) is 3.81. The summed E-state index contributed by atoms with van der Waals surface area (Å²) >= 11 is 0. The summed E-state index contributed by atoms with van der Waals surface area (Å²) < 4.78 is 0. The van der Waals surface area contributed by atoms with Gasteiger partial charge in [0.25, 0.3) is 0 Å². The lowest BCUT2D eigenvalue weighted by atomic mass is 10.0. The van der Waals surface area contributed by atoms with Gasteiger partial charge in [0.1, 0.15) is 0 Å². The first-order valence-electron chi connectivity index (χ1n) is 7.38. The Morgan fingerprint density at radius 1 is 1.12 bits per heavy atom. The molecule has 1 fully saturated rings. The highest BCUT2D eigenvalue weighted by molar-refractivity contribution is 4.75. The van der Waals surface area contributed by atoms with E-state index >= 15 is 0 Å². The molecular weight excluding hydrogens is 194 g/mol. The number of likely N-dealkylation sites (tertiary alicyclic amines) is 1. The van der Waals surface area contributed by atoms with E-state index in [1.165, 1.54) is 71.0 Å². The lowest BCUT2D eigenvalue weighted by molar-refractivity contribution is 0.310. The summed E-state index contributed by atoms with van der Waals surface area (Å²) in [6.07, 6.45) is 12.4. The van der Waals surface area contributed by atoms with Crippen molar-refractivity contribution in [1.29, 1.82) is 0 Å². The van der Waals surface area contributed by atoms with E-state index in [9.17, 15) is 0 Å². The standard InChI is InChI=1S/C15H30N/c1-3-5-7-9-12-16-13-11-15(14-16)10-8-6-4-2/h15H,2-14H2,1H3. The van der Waals surface area contributed by atoms with Gasteiger partial charge in [-0.15, -0.1) is 0 Å². The summed E-state index contributed by atoms with van der Waals surface area (Å²) in [6, 6.07) is 0. The Balaban J connectivity index is 1.97. The van der Waals surface area contributed by atoms with Crippen molar-refractivity contribution in [3.8, 4) is 0 Å². The minimum atomic E-state index is 0.998. The van der Waals surface area contributed by atoms with Gasteiger partial charge in [-0.3, -0.25) is 0 Å². The van der Waals surface area contributed by atoms with Crippen LogP contribution in [0, 0.1) is 12.8 Å². The Morgan fingerprint density at radius 3 is 2.75 bits per heavy atom. The Hall–Kier alpha value is -0.0400. The van der Waals surface area contributed by atoms with Gasteiger partial charge in [0.15, 0.2) is 0 Å². The van der Waals surface area contributed by atoms with E-state index in [1.807, 2.05) is 0 Å². The molecule has 0 aromatic carbocycles. The third kappa shape index (κ3) is 5.89. The van der Waals surface area contributed by atoms with E-state index in [-0.39, 0.29) is 0 Å². The Labute approximate surface area is 103 Å². The van der Waals surface area contributed by atoms with Crippen LogP contribution in [-0.4, -0.2) is 24.5 Å². The molecule has 0 aromatic rings. The Morgan fingerprint density at radius 2 is 2.00 bits per heavy atom. The molecule has 1 saturated heterocycles. The van der Waals surface area contributed by atoms with Crippen molar-refractivity contribution in [2.24, 2.45) is 5.92 Å². The molecule has 0 amide bonds. The molecular formula is C15H30N. The molecule has 1 heterocycles. The second-order valence-electron chi connectivity index (χ2n) is 5.37. The first kappa shape index (κ1) is 14.0. The van der Waals surface area contributed by atoms with Crippen molar-refractivity contribution in [3.05, 3.63) is 6.92 Å². The van der Waals surface area contributed by atoms with E-state index in [0.29, 0.717) is 0 Å². The molecule has 0 saturated carbocycles. The van der Waals surface area contributed by atoms with Crippen LogP contribution in [0.2, 0.25) is 0 Å². The average molecular weight is 224 g/mol. The van der Waals surface area contributed by atoms with Crippen LogP contribution in [-0.2, 0) is 0 Å². The van der Waals surface area contributed by atoms with Crippen molar-refractivity contribution in [1.82, 2.24) is 4.90 Å². The van der Waals surface area contributed by atoms with Crippen LogP contribution < -0.4 is 0 Å². The minimum Gasteiger partial charge on any atom is -0.303 e. The van der Waals surface area contributed by atoms with Crippen LogP contribution in [0.4, 0.5) is 0 Å². The highest BCUT2D eigenvalue weighted by Gasteiger charge is 2.20. The van der Waals surface area contributed by atoms with Crippen molar-refractivity contribution < 1.29 is 0 Å². The molecule has 0 aliphatic carbocycles. The Bertz CT molecular complexity index is 156. The lowest BCUT2D eigenvalue weighted by Crippen LogP contribution is -2.21. The zero-order chi connectivity index (χ0) is 11.6. The normalized spacial score (nSPS) is 21.8. The molecule has 0 aromatic heterocycles. The van der Waals surface area contributed by atoms with Crippen LogP contribution in [0.15, 0.2) is 0 Å². The lowest BCUT2D eigenvalue weighted by Gasteiger charge is -2.15. The maximum atomic E-state index is 3.91. The second kappa shape index (κ2) is 9.04. The highest BCUT2D eigenvalue weighted by atomic mass is 15.1. The zero-order valence-corrected chi connectivity index (χ0v) is 11.2. The quantitative estimate of drug-likeness (QED) is 0.528. The summed E-state index contributed by atoms with van der Waals surface area (Å²) in [4.78, 5) is 2.69. The fraction of sp³-hybridized carbons (Fsp3) is 0.933. The molecule has 1 nitrogen and oxygen atoms in total. The summed E-state index contributed by atoms with van der Waals surface area (Å²) in [5.41, 5.74) is 0. The van der Waals surface area contributed by atoms with Crippen LogP contribution in [0.1, 0.15) is 64.7 Å². The molecule has 16 heavy (non-hydrogen) atoms. The van der Waals surface area contributed by atoms with Gasteiger partial charge in [-0.2, -0.15) is 0 Å². The fourth-order valence-corrected chi connectivity index (χ4v) is 2.72. The molecule has 0 spiro atoms. The van der Waals surface area contributed by atoms with Gasteiger partial charge in [0.05, 0.1) is 0 Å². The first-order chi connectivity index (χ1) is 7.86. The molecule has 0 bridgehead atoms. The van der Waals surface area contributed by atoms with Gasteiger partial charge in [-0.05, 0) is 38.3 Å². The largest absolute Gasteiger partial charge is 0.303 e. The molecule has 1 atom stereocenters. The summed E-state index contributed by atoms with van der Waals surface area (Å²) in [7, 11) is 0. The maximum Gasteiger partial charge on any atom is 0.00101 e. The van der Waals surface area contributed by atoms with E-state index in [1.54, 1.807) is 0 Å². The van der Waals surface area contributed by atoms with E-state index in [2.05, 4.69) is 18.7 Å². The number of nitrogens with zero attached hydrogens (tertiary/aromatic N) is 1. The number of rotatable bonds is 9. The van der Waals surface area contributed by atoms with Gasteiger partial charge in [0.2, 0.25) is 0 Å². The second-order valence-corrected chi connectivity index (χ2v) is 5.37. The molecule has 0 N–H and O–H groups in total. The number of hydrogen-bond acceptors (Lipinski definition) is 1. The smallest absolute Gasteiger partial charge is 0.00101 e. The average Bonchev–Trinajstić information content (AvgIpc) is 2.73. The Kier molecular flexibility index (Phi) is 7.92. The first-order valence-corrected chi connectivity index (χ1v) is 7.38. The predicted molar refractivity (Wildman–Crippen MR) is 72.5 cm³/mol. The topological polar surface area (TPSA) is 3.24 Å². The summed E-state index contributed by atoms with van der Waals surface area (Å²) in [5.74, 6) is 0.998. The van der Waals surface area contributed by atoms with Crippen molar-refractivity contribution in [2.75, 3.05) is 19.6 Å². The van der Waals surface area contributed by atoms with Gasteiger partial charge >= 0.3 is 0 Å². The van der Waals surface area contributed by atoms with E-state index in [4.69, 9.17) is 0 Å². The third-order valence-corrected chi connectivity index (χ3v) is 3.81. The monoisotopic (exact) mass is 224 g/mol. The van der Waals surface area contributed by atoms with E-state index < -0.39 is 0 Å². The van der Waals surface area contributed by atoms with Crippen LogP contribution in [0.25, 0.3) is 0 Å². The molecule has 1 heteroatoms. The predicted octanol–water partition coefficient (Wildman–Crippen LogP) is 4.28. The highest BCUT2D eigenvalue weighted by Crippen LogP contribution is 2.22. The van der Waals surface area contributed by atoms with Crippen molar-refractivity contribution >= 4 is 0 Å². The SMILES string of the molecule is [CH2]CCCCC1CCN(CCCCCC)C1. The molecule has 1 rings (SSSR count). The van der Waals surface area contributed by atoms with Crippen LogP contribution in [0.5, 0.6) is 0 Å². The summed E-state index contributed by atoms with van der Waals surface area (Å²) in [6.45, 7) is 10.3. The van der Waals surface area contributed by atoms with Gasteiger partial charge in [0, 0.05) is 6.54 Å². The van der Waals surface area contributed by atoms with Crippen molar-refractivity contribution in [2.45, 2.75) is 64.7 Å². The van der Waals surface area contributed by atoms with E-state index in [0.717, 1.165) is 12.3 Å². The number of hydrogen-bond donors (Lipinski definition) is 0. The maximum absolute atomic E-state index is 3.91. The molecule has 95 valence electrons. The molecule has 1 aliphatic heterocycles. The fourth-order valence-electron chi connectivity index (χ4n) is 2.72. The molecule has 1 aliphatic rings.